The molecule has 2 N–H and O–H groups in total. The molecule has 1 aliphatic heterocycles. The molecule has 0 saturated carbocycles. The molecule has 11 heavy (non-hydrogen) atoms. The van der Waals surface area contributed by atoms with E-state index in [1.807, 2.05) is 0 Å². The minimum atomic E-state index is -0.909. The van der Waals surface area contributed by atoms with Crippen LogP contribution in [0.4, 0.5) is 0 Å². The van der Waals surface area contributed by atoms with Crippen LogP contribution in [0.5, 0.6) is 0 Å². The van der Waals surface area contributed by atoms with E-state index in [2.05, 4.69) is 16.9 Å². The molecule has 0 radical (unpaired) electrons. The van der Waals surface area contributed by atoms with Gasteiger partial charge in [-0.05, 0) is 0 Å². The molecule has 0 fully saturated rings. The van der Waals surface area contributed by atoms with E-state index in [1.54, 1.807) is 0 Å². The summed E-state index contributed by atoms with van der Waals surface area (Å²) < 4.78 is 0. The van der Waals surface area contributed by atoms with Gasteiger partial charge in [-0.1, -0.05) is 6.08 Å². The Morgan fingerprint density at radius 2 is 2.64 bits per heavy atom. The standard InChI is InChI=1S/C7H10N2O2/c1-2-5(7(10)11)6-8-3-4-9-6/h2,5H,1,3-4H2,(H,8,9)(H,10,11). The average Bonchev–Trinajstić information content (AvgIpc) is 2.40. The Balaban J connectivity index is 2.68. The third kappa shape index (κ3) is 1.58. The number of carboxylic acid groups (broad SMARTS) is 1. The largest absolute Gasteiger partial charge is 0.480 e. The zero-order valence-corrected chi connectivity index (χ0v) is 6.08. The Morgan fingerprint density at radius 3 is 3.00 bits per heavy atom. The molecule has 0 aromatic rings. The molecule has 1 heterocycles. The Bertz CT molecular complexity index is 210. The smallest absolute Gasteiger partial charge is 0.318 e. The van der Waals surface area contributed by atoms with Crippen LogP contribution in [0, 0.1) is 5.92 Å². The molecule has 1 atom stereocenters. The van der Waals surface area contributed by atoms with Crippen LogP contribution < -0.4 is 5.32 Å². The van der Waals surface area contributed by atoms with E-state index in [-0.39, 0.29) is 0 Å². The van der Waals surface area contributed by atoms with Crippen LogP contribution in [0.25, 0.3) is 0 Å². The number of nitrogens with zero attached hydrogens (tertiary/aromatic N) is 1. The molecule has 0 bridgehead atoms. The van der Waals surface area contributed by atoms with Gasteiger partial charge < -0.3 is 10.4 Å². The minimum Gasteiger partial charge on any atom is -0.480 e. The molecular weight excluding hydrogens is 144 g/mol. The SMILES string of the molecule is C=CC(C(=O)O)C1=NCCN1. The van der Waals surface area contributed by atoms with Gasteiger partial charge in [-0.25, -0.2) is 0 Å². The van der Waals surface area contributed by atoms with E-state index in [0.717, 1.165) is 6.54 Å². The maximum absolute atomic E-state index is 10.5. The van der Waals surface area contributed by atoms with Crippen molar-refractivity contribution < 1.29 is 9.90 Å². The first-order chi connectivity index (χ1) is 5.25. The Labute approximate surface area is 64.6 Å². The summed E-state index contributed by atoms with van der Waals surface area (Å²) in [6.45, 7) is 4.81. The van der Waals surface area contributed by atoms with Gasteiger partial charge in [0.25, 0.3) is 0 Å². The molecule has 0 aliphatic carbocycles. The summed E-state index contributed by atoms with van der Waals surface area (Å²) in [5.74, 6) is -1.06. The van der Waals surface area contributed by atoms with E-state index in [4.69, 9.17) is 5.11 Å². The van der Waals surface area contributed by atoms with Gasteiger partial charge in [0.05, 0.1) is 6.54 Å². The first-order valence-electron chi connectivity index (χ1n) is 3.39. The van der Waals surface area contributed by atoms with Crippen LogP contribution in [0.3, 0.4) is 0 Å². The molecule has 0 saturated heterocycles. The van der Waals surface area contributed by atoms with Crippen molar-refractivity contribution in [2.45, 2.75) is 0 Å². The highest BCUT2D eigenvalue weighted by molar-refractivity contribution is 6.02. The number of hydrogen-bond acceptors (Lipinski definition) is 3. The molecule has 0 aromatic heterocycles. The van der Waals surface area contributed by atoms with E-state index in [1.165, 1.54) is 6.08 Å². The van der Waals surface area contributed by atoms with Crippen molar-refractivity contribution in [3.63, 3.8) is 0 Å². The molecule has 4 heteroatoms. The van der Waals surface area contributed by atoms with Gasteiger partial charge in [-0.15, -0.1) is 6.58 Å². The Morgan fingerprint density at radius 1 is 1.91 bits per heavy atom. The zero-order valence-electron chi connectivity index (χ0n) is 6.08. The second kappa shape index (κ2) is 3.18. The Kier molecular flexibility index (Phi) is 2.25. The summed E-state index contributed by atoms with van der Waals surface area (Å²) in [4.78, 5) is 14.5. The molecule has 0 aromatic carbocycles. The third-order valence-corrected chi connectivity index (χ3v) is 1.50. The summed E-state index contributed by atoms with van der Waals surface area (Å²) in [5, 5.41) is 11.5. The number of aliphatic carboxylic acids is 1. The van der Waals surface area contributed by atoms with E-state index in [9.17, 15) is 4.79 Å². The van der Waals surface area contributed by atoms with Gasteiger partial charge in [0.15, 0.2) is 0 Å². The van der Waals surface area contributed by atoms with Gasteiger partial charge >= 0.3 is 5.97 Å². The number of nitrogens with one attached hydrogen (secondary N) is 1. The van der Waals surface area contributed by atoms with Crippen LogP contribution in [0.1, 0.15) is 0 Å². The van der Waals surface area contributed by atoms with Crippen LogP contribution in [-0.2, 0) is 4.79 Å². The lowest BCUT2D eigenvalue weighted by molar-refractivity contribution is -0.138. The molecule has 0 amide bonds. The van der Waals surface area contributed by atoms with Crippen molar-refractivity contribution in [2.24, 2.45) is 10.9 Å². The highest BCUT2D eigenvalue weighted by Crippen LogP contribution is 2.02. The van der Waals surface area contributed by atoms with Crippen LogP contribution in [0.2, 0.25) is 0 Å². The topological polar surface area (TPSA) is 61.7 Å². The number of carboxylic acids is 1. The quantitative estimate of drug-likeness (QED) is 0.557. The number of amidine groups is 1. The fraction of sp³-hybridized carbons (Fsp3) is 0.429. The molecule has 4 nitrogen and oxygen atoms in total. The normalized spacial score (nSPS) is 18.4. The summed E-state index contributed by atoms with van der Waals surface area (Å²) >= 11 is 0. The number of aliphatic imine (C=N–C) groups is 1. The van der Waals surface area contributed by atoms with Gasteiger partial charge in [-0.3, -0.25) is 9.79 Å². The number of hydrogen-bond donors (Lipinski definition) is 2. The Hall–Kier alpha value is -1.32. The first kappa shape index (κ1) is 7.78. The third-order valence-electron chi connectivity index (χ3n) is 1.50. The summed E-state index contributed by atoms with van der Waals surface area (Å²) in [6, 6.07) is 0. The van der Waals surface area contributed by atoms with Crippen LogP contribution in [0.15, 0.2) is 17.6 Å². The molecule has 0 spiro atoms. The highest BCUT2D eigenvalue weighted by Gasteiger charge is 2.21. The molecular formula is C7H10N2O2. The fourth-order valence-corrected chi connectivity index (χ4v) is 0.954. The summed E-state index contributed by atoms with van der Waals surface area (Å²) in [7, 11) is 0. The van der Waals surface area contributed by atoms with E-state index in [0.29, 0.717) is 12.4 Å². The monoisotopic (exact) mass is 154 g/mol. The number of rotatable bonds is 3. The van der Waals surface area contributed by atoms with Crippen molar-refractivity contribution in [1.29, 1.82) is 0 Å². The zero-order chi connectivity index (χ0) is 8.27. The van der Waals surface area contributed by atoms with Crippen LogP contribution in [-0.4, -0.2) is 30.0 Å². The predicted octanol–water partition coefficient (Wildman–Crippen LogP) is -0.125. The summed E-state index contributed by atoms with van der Waals surface area (Å²) in [5.41, 5.74) is 0. The van der Waals surface area contributed by atoms with Crippen molar-refractivity contribution in [2.75, 3.05) is 13.1 Å². The predicted molar refractivity (Wildman–Crippen MR) is 41.6 cm³/mol. The van der Waals surface area contributed by atoms with Gasteiger partial charge in [-0.2, -0.15) is 0 Å². The van der Waals surface area contributed by atoms with Gasteiger partial charge in [0.1, 0.15) is 11.8 Å². The van der Waals surface area contributed by atoms with Crippen LogP contribution >= 0.6 is 0 Å². The highest BCUT2D eigenvalue weighted by atomic mass is 16.4. The van der Waals surface area contributed by atoms with Gasteiger partial charge in [0, 0.05) is 6.54 Å². The second-order valence-electron chi connectivity index (χ2n) is 2.25. The average molecular weight is 154 g/mol. The van der Waals surface area contributed by atoms with Crippen molar-refractivity contribution in [3.8, 4) is 0 Å². The van der Waals surface area contributed by atoms with Crippen molar-refractivity contribution >= 4 is 11.8 Å². The van der Waals surface area contributed by atoms with E-state index >= 15 is 0 Å². The van der Waals surface area contributed by atoms with E-state index < -0.39 is 11.9 Å². The number of carbonyl (C=O) groups is 1. The first-order valence-corrected chi connectivity index (χ1v) is 3.39. The minimum absolute atomic E-state index is 0.521. The molecule has 1 unspecified atom stereocenters. The van der Waals surface area contributed by atoms with Crippen molar-refractivity contribution in [3.05, 3.63) is 12.7 Å². The maximum atomic E-state index is 10.5. The molecule has 1 rings (SSSR count). The van der Waals surface area contributed by atoms with Crippen molar-refractivity contribution in [1.82, 2.24) is 5.32 Å². The van der Waals surface area contributed by atoms with Gasteiger partial charge in [0.2, 0.25) is 0 Å². The lowest BCUT2D eigenvalue weighted by Crippen LogP contribution is -2.30. The lowest BCUT2D eigenvalue weighted by Gasteiger charge is -2.06. The molecule has 1 aliphatic rings. The lowest BCUT2D eigenvalue weighted by atomic mass is 10.1. The maximum Gasteiger partial charge on any atom is 0.318 e. The fourth-order valence-electron chi connectivity index (χ4n) is 0.954. The summed E-state index contributed by atoms with van der Waals surface area (Å²) in [6.07, 6.45) is 1.37. The second-order valence-corrected chi connectivity index (χ2v) is 2.25. The molecule has 60 valence electrons.